The lowest BCUT2D eigenvalue weighted by atomic mass is 10.1. The van der Waals surface area contributed by atoms with E-state index in [1.807, 2.05) is 20.8 Å². The quantitative estimate of drug-likeness (QED) is 0.528. The maximum atomic E-state index is 12.2. The van der Waals surface area contributed by atoms with Gasteiger partial charge < -0.3 is 14.4 Å². The lowest BCUT2D eigenvalue weighted by Crippen LogP contribution is -2.40. The maximum Gasteiger partial charge on any atom is 0.410 e. The van der Waals surface area contributed by atoms with Crippen LogP contribution < -0.4 is 0 Å². The van der Waals surface area contributed by atoms with Crippen LogP contribution in [0.5, 0.6) is 0 Å². The number of amides is 1. The Balaban J connectivity index is 5.06. The molecule has 0 aliphatic carbocycles. The number of rotatable bonds is 7. The molecule has 0 saturated heterocycles. The van der Waals surface area contributed by atoms with Gasteiger partial charge in [0, 0.05) is 12.6 Å². The molecule has 0 aromatic carbocycles. The summed E-state index contributed by atoms with van der Waals surface area (Å²) in [6.45, 7) is 11.4. The van der Waals surface area contributed by atoms with Crippen molar-refractivity contribution in [2.45, 2.75) is 72.4 Å². The zero-order chi connectivity index (χ0) is 17.3. The summed E-state index contributed by atoms with van der Waals surface area (Å²) in [5.41, 5.74) is -0.0287. The second kappa shape index (κ2) is 9.49. The highest BCUT2D eigenvalue weighted by Crippen LogP contribution is 2.16. The summed E-state index contributed by atoms with van der Waals surface area (Å²) in [5.74, 6) is -0.346. The Bertz CT molecular complexity index is 396. The number of carbonyl (C=O) groups excluding carboxylic acids is 2. The molecule has 0 rings (SSSR count). The number of carbonyl (C=O) groups is 2. The molecule has 0 N–H and O–H groups in total. The zero-order valence-corrected chi connectivity index (χ0v) is 15.1. The molecule has 0 radical (unpaired) electrons. The number of hydrogen-bond acceptors (Lipinski definition) is 4. The summed E-state index contributed by atoms with van der Waals surface area (Å²) in [6, 6.07) is -0.181. The number of unbranched alkanes of at least 4 members (excludes halogenated alkanes) is 1. The van der Waals surface area contributed by atoms with E-state index >= 15 is 0 Å². The summed E-state index contributed by atoms with van der Waals surface area (Å²) in [4.78, 5) is 25.5. The number of ether oxygens (including phenoxy) is 2. The van der Waals surface area contributed by atoms with E-state index in [0.717, 1.165) is 19.3 Å². The van der Waals surface area contributed by atoms with Gasteiger partial charge in [-0.15, -0.1) is 0 Å². The van der Waals surface area contributed by atoms with Crippen LogP contribution in [0.2, 0.25) is 0 Å². The first-order chi connectivity index (χ1) is 10.1. The highest BCUT2D eigenvalue weighted by molar-refractivity contribution is 5.88. The predicted molar refractivity (Wildman–Crippen MR) is 87.7 cm³/mol. The van der Waals surface area contributed by atoms with Crippen LogP contribution in [0.15, 0.2) is 11.6 Å². The molecule has 0 fully saturated rings. The molecule has 0 saturated carbocycles. The van der Waals surface area contributed by atoms with Crippen molar-refractivity contribution < 1.29 is 19.1 Å². The van der Waals surface area contributed by atoms with Crippen LogP contribution in [0, 0.1) is 0 Å². The second-order valence-electron chi connectivity index (χ2n) is 6.37. The topological polar surface area (TPSA) is 55.8 Å². The molecule has 1 atom stereocenters. The van der Waals surface area contributed by atoms with E-state index in [0.29, 0.717) is 12.2 Å². The number of esters is 1. The van der Waals surface area contributed by atoms with Crippen molar-refractivity contribution >= 4 is 12.1 Å². The number of hydrogen-bond donors (Lipinski definition) is 0. The fourth-order valence-electron chi connectivity index (χ4n) is 1.87. The van der Waals surface area contributed by atoms with E-state index in [-0.39, 0.29) is 18.1 Å². The molecule has 128 valence electrons. The minimum atomic E-state index is -0.541. The van der Waals surface area contributed by atoms with Crippen LogP contribution in [0.25, 0.3) is 0 Å². The molecule has 0 bridgehead atoms. The van der Waals surface area contributed by atoms with E-state index in [2.05, 4.69) is 6.92 Å². The number of nitrogens with zero attached hydrogens (tertiary/aromatic N) is 1. The van der Waals surface area contributed by atoms with Crippen molar-refractivity contribution in [3.05, 3.63) is 11.6 Å². The normalized spacial score (nSPS) is 13.5. The van der Waals surface area contributed by atoms with Gasteiger partial charge >= 0.3 is 12.1 Å². The van der Waals surface area contributed by atoms with Crippen molar-refractivity contribution in [3.8, 4) is 0 Å². The van der Waals surface area contributed by atoms with Gasteiger partial charge in [0.2, 0.25) is 0 Å². The monoisotopic (exact) mass is 313 g/mol. The first kappa shape index (κ1) is 20.5. The lowest BCUT2D eigenvalue weighted by molar-refractivity contribution is -0.138. The summed E-state index contributed by atoms with van der Waals surface area (Å²) in [6.07, 6.45) is 4.16. The van der Waals surface area contributed by atoms with Crippen LogP contribution in [-0.2, 0) is 14.3 Å². The third-order valence-corrected chi connectivity index (χ3v) is 3.07. The van der Waals surface area contributed by atoms with Gasteiger partial charge in [0.1, 0.15) is 5.60 Å². The minimum absolute atomic E-state index is 0.181. The molecule has 5 heteroatoms. The van der Waals surface area contributed by atoms with E-state index in [4.69, 9.17) is 9.47 Å². The van der Waals surface area contributed by atoms with Gasteiger partial charge in [-0.2, -0.15) is 0 Å². The van der Waals surface area contributed by atoms with Crippen molar-refractivity contribution in [2.75, 3.05) is 13.7 Å². The average Bonchev–Trinajstić information content (AvgIpc) is 2.40. The molecule has 0 aromatic rings. The van der Waals surface area contributed by atoms with Crippen LogP contribution in [0.1, 0.15) is 60.8 Å². The standard InChI is InChI=1S/C17H31NO4/c1-8-10-11-14(12-13(3)15(19)21-9-2)18(7)16(20)22-17(4,5)6/h12,14H,8-11H2,1-7H3/t14-/m0/s1. The Labute approximate surface area is 134 Å². The van der Waals surface area contributed by atoms with E-state index in [1.165, 1.54) is 0 Å². The van der Waals surface area contributed by atoms with Crippen molar-refractivity contribution in [1.29, 1.82) is 0 Å². The Morgan fingerprint density at radius 3 is 2.27 bits per heavy atom. The summed E-state index contributed by atoms with van der Waals surface area (Å²) in [5, 5.41) is 0. The Morgan fingerprint density at radius 2 is 1.82 bits per heavy atom. The molecular weight excluding hydrogens is 282 g/mol. The predicted octanol–water partition coefficient (Wildman–Crippen LogP) is 3.92. The van der Waals surface area contributed by atoms with Crippen LogP contribution in [0.3, 0.4) is 0 Å². The molecule has 22 heavy (non-hydrogen) atoms. The van der Waals surface area contributed by atoms with E-state index in [1.54, 1.807) is 31.9 Å². The first-order valence-corrected chi connectivity index (χ1v) is 7.93. The fraction of sp³-hybridized carbons (Fsp3) is 0.765. The maximum absolute atomic E-state index is 12.2. The number of likely N-dealkylation sites (N-methyl/N-ethyl adjacent to an activating group) is 1. The first-order valence-electron chi connectivity index (χ1n) is 7.93. The summed E-state index contributed by atoms with van der Waals surface area (Å²) in [7, 11) is 1.70. The fourth-order valence-corrected chi connectivity index (χ4v) is 1.87. The Hall–Kier alpha value is -1.52. The minimum Gasteiger partial charge on any atom is -0.463 e. The van der Waals surface area contributed by atoms with Crippen molar-refractivity contribution in [2.24, 2.45) is 0 Å². The zero-order valence-electron chi connectivity index (χ0n) is 15.1. The van der Waals surface area contributed by atoms with E-state index in [9.17, 15) is 9.59 Å². The van der Waals surface area contributed by atoms with Gasteiger partial charge in [-0.1, -0.05) is 25.8 Å². The van der Waals surface area contributed by atoms with Gasteiger partial charge in [0.15, 0.2) is 0 Å². The molecule has 5 nitrogen and oxygen atoms in total. The highest BCUT2D eigenvalue weighted by atomic mass is 16.6. The average molecular weight is 313 g/mol. The molecule has 0 aliphatic heterocycles. The third-order valence-electron chi connectivity index (χ3n) is 3.07. The molecular formula is C17H31NO4. The SMILES string of the molecule is CCCC[C@@H](C=C(C)C(=O)OCC)N(C)C(=O)OC(C)(C)C. The Kier molecular flexibility index (Phi) is 8.83. The van der Waals surface area contributed by atoms with Crippen molar-refractivity contribution in [1.82, 2.24) is 4.90 Å². The summed E-state index contributed by atoms with van der Waals surface area (Å²) >= 11 is 0. The van der Waals surface area contributed by atoms with Gasteiger partial charge in [-0.3, -0.25) is 0 Å². The van der Waals surface area contributed by atoms with Crippen LogP contribution >= 0.6 is 0 Å². The smallest absolute Gasteiger partial charge is 0.410 e. The highest BCUT2D eigenvalue weighted by Gasteiger charge is 2.24. The van der Waals surface area contributed by atoms with E-state index < -0.39 is 5.60 Å². The molecule has 1 amide bonds. The second-order valence-corrected chi connectivity index (χ2v) is 6.37. The molecule has 0 spiro atoms. The van der Waals surface area contributed by atoms with Crippen molar-refractivity contribution in [3.63, 3.8) is 0 Å². The third kappa shape index (κ3) is 8.05. The molecule has 0 unspecified atom stereocenters. The van der Waals surface area contributed by atoms with Crippen LogP contribution in [0.4, 0.5) is 4.79 Å². The van der Waals surface area contributed by atoms with Crippen LogP contribution in [-0.4, -0.2) is 42.3 Å². The summed E-state index contributed by atoms with van der Waals surface area (Å²) < 4.78 is 10.4. The van der Waals surface area contributed by atoms with Gasteiger partial charge in [0.25, 0.3) is 0 Å². The van der Waals surface area contributed by atoms with Gasteiger partial charge in [0.05, 0.1) is 12.6 Å². The lowest BCUT2D eigenvalue weighted by Gasteiger charge is -2.29. The largest absolute Gasteiger partial charge is 0.463 e. The molecule has 0 heterocycles. The Morgan fingerprint density at radius 1 is 1.23 bits per heavy atom. The molecule has 0 aromatic heterocycles. The van der Waals surface area contributed by atoms with Gasteiger partial charge in [-0.05, 0) is 41.0 Å². The molecule has 0 aliphatic rings. The van der Waals surface area contributed by atoms with Gasteiger partial charge in [-0.25, -0.2) is 9.59 Å².